The second-order valence-electron chi connectivity index (χ2n) is 1.94. The Kier molecular flexibility index (Phi) is 2.60. The van der Waals surface area contributed by atoms with Crippen molar-refractivity contribution in [2.45, 2.75) is 0 Å². The topological polar surface area (TPSA) is 26.3 Å². The van der Waals surface area contributed by atoms with Crippen LogP contribution in [0.15, 0.2) is 24.3 Å². The number of aldehydes is 1. The smallest absolute Gasteiger partial charge is 0.228 e. The molecule has 3 heteroatoms. The van der Waals surface area contributed by atoms with Gasteiger partial charge in [-0.1, -0.05) is 0 Å². The maximum Gasteiger partial charge on any atom is 0.228 e. The standard InChI is InChI=1S/C8H7FO2/c9-6-11-8-3-1-7(5-10)2-4-8/h1-5H,6H2/i9-1. The molecule has 0 aliphatic carbocycles. The van der Waals surface area contributed by atoms with Gasteiger partial charge in [-0.15, -0.1) is 0 Å². The molecule has 58 valence electrons. The molecule has 0 radical (unpaired) electrons. The highest BCUT2D eigenvalue weighted by Crippen LogP contribution is 2.10. The van der Waals surface area contributed by atoms with Crippen LogP contribution in [0.5, 0.6) is 5.75 Å². The van der Waals surface area contributed by atoms with E-state index < -0.39 is 6.86 Å². The van der Waals surface area contributed by atoms with Gasteiger partial charge in [0.15, 0.2) is 0 Å². The first-order valence-corrected chi connectivity index (χ1v) is 3.11. The van der Waals surface area contributed by atoms with Crippen LogP contribution in [-0.2, 0) is 0 Å². The Labute approximate surface area is 63.6 Å². The molecular weight excluding hydrogens is 146 g/mol. The van der Waals surface area contributed by atoms with E-state index in [4.69, 9.17) is 0 Å². The van der Waals surface area contributed by atoms with Crippen molar-refractivity contribution in [1.29, 1.82) is 0 Å². The minimum Gasteiger partial charge on any atom is -0.463 e. The highest BCUT2D eigenvalue weighted by atomic mass is 18.2. The van der Waals surface area contributed by atoms with Crippen molar-refractivity contribution in [1.82, 2.24) is 0 Å². The van der Waals surface area contributed by atoms with E-state index >= 15 is 0 Å². The van der Waals surface area contributed by atoms with E-state index in [1.165, 1.54) is 0 Å². The number of hydrogen-bond acceptors (Lipinski definition) is 2. The van der Waals surface area contributed by atoms with Crippen LogP contribution in [0.2, 0.25) is 0 Å². The van der Waals surface area contributed by atoms with E-state index in [9.17, 15) is 9.18 Å². The van der Waals surface area contributed by atoms with Gasteiger partial charge in [0.2, 0.25) is 6.86 Å². The van der Waals surface area contributed by atoms with Gasteiger partial charge < -0.3 is 4.74 Å². The molecule has 0 saturated carbocycles. The molecule has 0 aliphatic heterocycles. The summed E-state index contributed by atoms with van der Waals surface area (Å²) in [4.78, 5) is 10.2. The fourth-order valence-electron chi connectivity index (χ4n) is 0.706. The predicted octanol–water partition coefficient (Wildman–Crippen LogP) is 1.80. The second kappa shape index (κ2) is 3.71. The predicted molar refractivity (Wildman–Crippen MR) is 38.4 cm³/mol. The zero-order valence-corrected chi connectivity index (χ0v) is 5.79. The SMILES string of the molecule is O=Cc1ccc(OC[18F])cc1. The molecule has 2 nitrogen and oxygen atoms in total. The highest BCUT2D eigenvalue weighted by Gasteiger charge is 1.91. The van der Waals surface area contributed by atoms with Crippen molar-refractivity contribution in [3.8, 4) is 5.75 Å². The average Bonchev–Trinajstić information content (AvgIpc) is 2.07. The summed E-state index contributed by atoms with van der Waals surface area (Å²) in [7, 11) is 0. The van der Waals surface area contributed by atoms with Gasteiger partial charge in [0, 0.05) is 5.56 Å². The molecule has 0 atom stereocenters. The molecule has 1 aromatic rings. The lowest BCUT2D eigenvalue weighted by Gasteiger charge is -1.98. The van der Waals surface area contributed by atoms with E-state index in [1.54, 1.807) is 24.3 Å². The van der Waals surface area contributed by atoms with Crippen LogP contribution in [0.4, 0.5) is 4.39 Å². The molecule has 0 saturated heterocycles. The number of ether oxygens (including phenoxy) is 1. The number of hydrogen-bond donors (Lipinski definition) is 0. The number of rotatable bonds is 3. The summed E-state index contributed by atoms with van der Waals surface area (Å²) in [5.74, 6) is 0.429. The molecule has 0 N–H and O–H groups in total. The van der Waals surface area contributed by atoms with Crippen LogP contribution < -0.4 is 4.74 Å². The van der Waals surface area contributed by atoms with Gasteiger partial charge in [-0.05, 0) is 24.3 Å². The molecule has 0 heterocycles. The summed E-state index contributed by atoms with van der Waals surface area (Å²) in [5, 5.41) is 0. The average molecular weight is 153 g/mol. The lowest BCUT2D eigenvalue weighted by molar-refractivity contribution is 0.112. The van der Waals surface area contributed by atoms with Gasteiger partial charge in [0.1, 0.15) is 12.0 Å². The van der Waals surface area contributed by atoms with Crippen molar-refractivity contribution >= 4 is 6.29 Å². The summed E-state index contributed by atoms with van der Waals surface area (Å²) < 4.78 is 16.1. The van der Waals surface area contributed by atoms with Crippen LogP contribution >= 0.6 is 0 Å². The molecule has 0 unspecified atom stereocenters. The molecule has 0 aromatic heterocycles. The lowest BCUT2D eigenvalue weighted by atomic mass is 10.2. The number of alkyl halides is 1. The van der Waals surface area contributed by atoms with Crippen LogP contribution in [0.25, 0.3) is 0 Å². The number of benzene rings is 1. The number of carbonyl (C=O) groups excluding carboxylic acids is 1. The molecule has 0 aliphatic rings. The van der Waals surface area contributed by atoms with Crippen LogP contribution in [0.3, 0.4) is 0 Å². The summed E-state index contributed by atoms with van der Waals surface area (Å²) in [6.07, 6.45) is 0.721. The Bertz CT molecular complexity index is 230. The molecule has 0 bridgehead atoms. The van der Waals surface area contributed by atoms with Crippen molar-refractivity contribution in [3.05, 3.63) is 29.8 Å². The van der Waals surface area contributed by atoms with E-state index in [0.29, 0.717) is 11.3 Å². The fraction of sp³-hybridized carbons (Fsp3) is 0.125. The Balaban J connectivity index is 2.74. The van der Waals surface area contributed by atoms with E-state index in [1.807, 2.05) is 0 Å². The third kappa shape index (κ3) is 2.04. The largest absolute Gasteiger partial charge is 0.463 e. The van der Waals surface area contributed by atoms with Gasteiger partial charge in [0.05, 0.1) is 0 Å². The maximum atomic E-state index is 11.6. The first-order chi connectivity index (χ1) is 5.36. The Hall–Kier alpha value is -1.38. The Morgan fingerprint density at radius 2 is 2.00 bits per heavy atom. The van der Waals surface area contributed by atoms with Crippen molar-refractivity contribution in [3.63, 3.8) is 0 Å². The normalized spacial score (nSPS) is 9.18. The first-order valence-electron chi connectivity index (χ1n) is 3.11. The second-order valence-corrected chi connectivity index (χ2v) is 1.94. The van der Waals surface area contributed by atoms with Gasteiger partial charge in [-0.2, -0.15) is 0 Å². The van der Waals surface area contributed by atoms with Gasteiger partial charge in [0.25, 0.3) is 0 Å². The fourth-order valence-corrected chi connectivity index (χ4v) is 0.706. The highest BCUT2D eigenvalue weighted by molar-refractivity contribution is 5.74. The van der Waals surface area contributed by atoms with Crippen LogP contribution in [-0.4, -0.2) is 13.1 Å². The minimum absolute atomic E-state index is 0.429. The lowest BCUT2D eigenvalue weighted by Crippen LogP contribution is -1.89. The monoisotopic (exact) mass is 153 g/mol. The Morgan fingerprint density at radius 1 is 1.36 bits per heavy atom. The molecule has 0 amide bonds. The van der Waals surface area contributed by atoms with Crippen LogP contribution in [0.1, 0.15) is 10.4 Å². The van der Waals surface area contributed by atoms with Crippen molar-refractivity contribution < 1.29 is 13.9 Å². The number of carbonyl (C=O) groups is 1. The van der Waals surface area contributed by atoms with Crippen LogP contribution in [0, 0.1) is 0 Å². The number of halogens is 1. The first kappa shape index (κ1) is 7.72. The van der Waals surface area contributed by atoms with E-state index in [2.05, 4.69) is 4.74 Å². The molecule has 1 rings (SSSR count). The van der Waals surface area contributed by atoms with Crippen molar-refractivity contribution in [2.75, 3.05) is 6.86 Å². The zero-order chi connectivity index (χ0) is 8.10. The maximum absolute atomic E-state index is 11.6. The molecule has 0 spiro atoms. The quantitative estimate of drug-likeness (QED) is 0.619. The minimum atomic E-state index is -0.847. The molecule has 0 fully saturated rings. The molecule has 11 heavy (non-hydrogen) atoms. The molecule has 1 aromatic carbocycles. The van der Waals surface area contributed by atoms with Crippen molar-refractivity contribution in [2.24, 2.45) is 0 Å². The Morgan fingerprint density at radius 3 is 2.45 bits per heavy atom. The third-order valence-corrected chi connectivity index (χ3v) is 1.24. The summed E-state index contributed by atoms with van der Waals surface area (Å²) >= 11 is 0. The summed E-state index contributed by atoms with van der Waals surface area (Å²) in [5.41, 5.74) is 0.552. The van der Waals surface area contributed by atoms with E-state index in [0.717, 1.165) is 6.29 Å². The molecular formula is C8H7FO2. The van der Waals surface area contributed by atoms with E-state index in [-0.39, 0.29) is 0 Å². The van der Waals surface area contributed by atoms with Gasteiger partial charge >= 0.3 is 0 Å². The summed E-state index contributed by atoms with van der Waals surface area (Å²) in [6, 6.07) is 6.22. The van der Waals surface area contributed by atoms with Gasteiger partial charge in [-0.3, -0.25) is 4.79 Å². The van der Waals surface area contributed by atoms with Gasteiger partial charge in [-0.25, -0.2) is 4.39 Å². The zero-order valence-electron chi connectivity index (χ0n) is 5.79. The third-order valence-electron chi connectivity index (χ3n) is 1.24. The summed E-state index contributed by atoms with van der Waals surface area (Å²) in [6.45, 7) is -0.847.